The van der Waals surface area contributed by atoms with Crippen LogP contribution in [0.4, 0.5) is 0 Å². The van der Waals surface area contributed by atoms with E-state index in [1.807, 2.05) is 47.4 Å². The summed E-state index contributed by atoms with van der Waals surface area (Å²) in [6, 6.07) is 19.8. The second kappa shape index (κ2) is 10.3. The Morgan fingerprint density at radius 1 is 1.12 bits per heavy atom. The van der Waals surface area contributed by atoms with Gasteiger partial charge in [0, 0.05) is 30.8 Å². The van der Waals surface area contributed by atoms with E-state index >= 15 is 0 Å². The number of hydroxylamine groups is 1. The molecule has 2 heterocycles. The summed E-state index contributed by atoms with van der Waals surface area (Å²) in [7, 11) is -2.27. The molecule has 0 aliphatic carbocycles. The number of rotatable bonds is 7. The van der Waals surface area contributed by atoms with Gasteiger partial charge in [-0.2, -0.15) is 0 Å². The van der Waals surface area contributed by atoms with E-state index in [1.165, 1.54) is 19.2 Å². The van der Waals surface area contributed by atoms with Crippen molar-refractivity contribution in [2.24, 2.45) is 5.92 Å². The van der Waals surface area contributed by atoms with E-state index in [-0.39, 0.29) is 11.3 Å². The Hall–Kier alpha value is -3.27. The van der Waals surface area contributed by atoms with Crippen LogP contribution in [0.1, 0.15) is 18.4 Å². The van der Waals surface area contributed by atoms with E-state index in [9.17, 15) is 13.2 Å². The molecule has 2 atom stereocenters. The Morgan fingerprint density at radius 2 is 1.85 bits per heavy atom. The number of carbonyl (C=O) groups excluding carboxylic acids is 1. The number of sulfone groups is 1. The summed E-state index contributed by atoms with van der Waals surface area (Å²) in [5.41, 5.74) is 4.47. The van der Waals surface area contributed by atoms with E-state index in [0.717, 1.165) is 16.8 Å². The van der Waals surface area contributed by atoms with Gasteiger partial charge in [-0.1, -0.05) is 30.3 Å². The lowest BCUT2D eigenvalue weighted by atomic mass is 9.95. The average molecular weight is 482 g/mol. The van der Waals surface area contributed by atoms with Gasteiger partial charge in [0.1, 0.15) is 11.1 Å². The second-order valence-electron chi connectivity index (χ2n) is 8.25. The first-order valence-corrected chi connectivity index (χ1v) is 12.5. The van der Waals surface area contributed by atoms with Gasteiger partial charge in [-0.05, 0) is 54.8 Å². The standard InChI is InChI=1S/C25H27N3O5S/c1-33-21-9-11-22(12-10-21)34(31,32)24-16-20(25(29)27-30)13-15-28(24)17-18-5-7-19(8-6-18)23-4-2-3-14-26-23/h2-12,14,20,24,30H,13,15-17H2,1H3,(H,27,29). The van der Waals surface area contributed by atoms with Crippen LogP contribution in [-0.2, 0) is 21.2 Å². The van der Waals surface area contributed by atoms with Crippen LogP contribution >= 0.6 is 0 Å². The first-order valence-electron chi connectivity index (χ1n) is 11.0. The Morgan fingerprint density at radius 3 is 2.47 bits per heavy atom. The molecule has 1 fully saturated rings. The molecule has 34 heavy (non-hydrogen) atoms. The van der Waals surface area contributed by atoms with Crippen LogP contribution < -0.4 is 10.2 Å². The third kappa shape index (κ3) is 5.11. The van der Waals surface area contributed by atoms with Crippen LogP contribution in [-0.4, -0.2) is 48.4 Å². The maximum Gasteiger partial charge on any atom is 0.246 e. The van der Waals surface area contributed by atoms with Crippen LogP contribution in [0.3, 0.4) is 0 Å². The van der Waals surface area contributed by atoms with Crippen molar-refractivity contribution < 1.29 is 23.2 Å². The summed E-state index contributed by atoms with van der Waals surface area (Å²) < 4.78 is 32.3. The summed E-state index contributed by atoms with van der Waals surface area (Å²) in [5, 5.41) is 8.18. The number of aromatic nitrogens is 1. The molecule has 0 bridgehead atoms. The largest absolute Gasteiger partial charge is 0.497 e. The highest BCUT2D eigenvalue weighted by Crippen LogP contribution is 2.32. The minimum absolute atomic E-state index is 0.0901. The maximum absolute atomic E-state index is 13.6. The number of hydrogen-bond acceptors (Lipinski definition) is 7. The predicted molar refractivity (Wildman–Crippen MR) is 127 cm³/mol. The highest BCUT2D eigenvalue weighted by Gasteiger charge is 2.40. The van der Waals surface area contributed by atoms with Gasteiger partial charge >= 0.3 is 0 Å². The SMILES string of the molecule is COc1ccc(S(=O)(=O)C2CC(C(=O)NO)CCN2Cc2ccc(-c3ccccn3)cc2)cc1. The van der Waals surface area contributed by atoms with Gasteiger partial charge in [-0.25, -0.2) is 13.9 Å². The molecule has 2 unspecified atom stereocenters. The van der Waals surface area contributed by atoms with Crippen molar-refractivity contribution in [1.82, 2.24) is 15.4 Å². The average Bonchev–Trinajstić information content (AvgIpc) is 2.89. The highest BCUT2D eigenvalue weighted by molar-refractivity contribution is 7.92. The molecule has 9 heteroatoms. The number of carbonyl (C=O) groups is 1. The molecular formula is C25H27N3O5S. The molecule has 8 nitrogen and oxygen atoms in total. The van der Waals surface area contributed by atoms with E-state index in [1.54, 1.807) is 23.8 Å². The molecule has 2 aromatic carbocycles. The fraction of sp³-hybridized carbons (Fsp3) is 0.280. The molecule has 0 saturated carbocycles. The summed E-state index contributed by atoms with van der Waals surface area (Å²) in [6.45, 7) is 0.816. The number of nitrogens with one attached hydrogen (secondary N) is 1. The Balaban J connectivity index is 1.59. The number of amides is 1. The van der Waals surface area contributed by atoms with Crippen molar-refractivity contribution in [2.75, 3.05) is 13.7 Å². The van der Waals surface area contributed by atoms with Gasteiger partial charge in [0.15, 0.2) is 9.84 Å². The van der Waals surface area contributed by atoms with E-state index in [2.05, 4.69) is 4.98 Å². The number of ether oxygens (including phenoxy) is 1. The molecule has 3 aromatic rings. The van der Waals surface area contributed by atoms with E-state index < -0.39 is 27.0 Å². The maximum atomic E-state index is 13.6. The molecule has 1 aliphatic rings. The fourth-order valence-electron chi connectivity index (χ4n) is 4.28. The predicted octanol–water partition coefficient (Wildman–Crippen LogP) is 3.27. The van der Waals surface area contributed by atoms with Crippen LogP contribution in [0.15, 0.2) is 77.8 Å². The van der Waals surface area contributed by atoms with Gasteiger partial charge in [0.05, 0.1) is 17.7 Å². The van der Waals surface area contributed by atoms with Gasteiger partial charge < -0.3 is 4.74 Å². The minimum Gasteiger partial charge on any atom is -0.497 e. The summed E-state index contributed by atoms with van der Waals surface area (Å²) in [4.78, 5) is 18.5. The van der Waals surface area contributed by atoms with Crippen molar-refractivity contribution in [3.8, 4) is 17.0 Å². The van der Waals surface area contributed by atoms with Gasteiger partial charge in [-0.15, -0.1) is 0 Å². The van der Waals surface area contributed by atoms with Crippen molar-refractivity contribution in [1.29, 1.82) is 0 Å². The van der Waals surface area contributed by atoms with Crippen LogP contribution in [0.5, 0.6) is 5.75 Å². The smallest absolute Gasteiger partial charge is 0.246 e. The van der Waals surface area contributed by atoms with Crippen molar-refractivity contribution >= 4 is 15.7 Å². The van der Waals surface area contributed by atoms with Crippen molar-refractivity contribution in [3.05, 3.63) is 78.5 Å². The van der Waals surface area contributed by atoms with Crippen LogP contribution in [0.2, 0.25) is 0 Å². The number of piperidine rings is 1. The zero-order chi connectivity index (χ0) is 24.1. The number of hydrogen-bond donors (Lipinski definition) is 2. The molecule has 1 saturated heterocycles. The van der Waals surface area contributed by atoms with Gasteiger partial charge in [0.2, 0.25) is 5.91 Å². The normalized spacial score (nSPS) is 18.9. The fourth-order valence-corrected chi connectivity index (χ4v) is 6.17. The molecule has 2 N–H and O–H groups in total. The molecule has 4 rings (SSSR count). The third-order valence-electron chi connectivity index (χ3n) is 6.19. The summed E-state index contributed by atoms with van der Waals surface area (Å²) in [6.07, 6.45) is 2.28. The topological polar surface area (TPSA) is 109 Å². The lowest BCUT2D eigenvalue weighted by Gasteiger charge is -2.38. The summed E-state index contributed by atoms with van der Waals surface area (Å²) >= 11 is 0. The monoisotopic (exact) mass is 481 g/mol. The molecule has 0 radical (unpaired) electrons. The van der Waals surface area contributed by atoms with E-state index in [0.29, 0.717) is 25.3 Å². The Bertz CT molecular complexity index is 1220. The van der Waals surface area contributed by atoms with Gasteiger partial charge in [-0.3, -0.25) is 19.9 Å². The number of likely N-dealkylation sites (tertiary alicyclic amines) is 1. The zero-order valence-electron chi connectivity index (χ0n) is 18.8. The number of benzene rings is 2. The Labute approximate surface area is 199 Å². The minimum atomic E-state index is -3.78. The van der Waals surface area contributed by atoms with Crippen LogP contribution in [0.25, 0.3) is 11.3 Å². The molecular weight excluding hydrogens is 454 g/mol. The quantitative estimate of drug-likeness (QED) is 0.394. The molecule has 178 valence electrons. The second-order valence-corrected chi connectivity index (χ2v) is 10.4. The molecule has 1 amide bonds. The first-order chi connectivity index (χ1) is 16.4. The van der Waals surface area contributed by atoms with Gasteiger partial charge in [0.25, 0.3) is 0 Å². The lowest BCUT2D eigenvalue weighted by molar-refractivity contribution is -0.135. The van der Waals surface area contributed by atoms with Crippen molar-refractivity contribution in [3.63, 3.8) is 0 Å². The molecule has 1 aliphatic heterocycles. The third-order valence-corrected chi connectivity index (χ3v) is 8.32. The Kier molecular flexibility index (Phi) is 7.26. The zero-order valence-corrected chi connectivity index (χ0v) is 19.6. The number of pyridine rings is 1. The number of methoxy groups -OCH3 is 1. The first kappa shape index (κ1) is 23.9. The highest BCUT2D eigenvalue weighted by atomic mass is 32.2. The lowest BCUT2D eigenvalue weighted by Crippen LogP contribution is -2.49. The molecule has 1 aromatic heterocycles. The van der Waals surface area contributed by atoms with Crippen LogP contribution in [0, 0.1) is 5.92 Å². The number of nitrogens with zero attached hydrogens (tertiary/aromatic N) is 2. The molecule has 0 spiro atoms. The van der Waals surface area contributed by atoms with Crippen molar-refractivity contribution in [2.45, 2.75) is 29.7 Å². The summed E-state index contributed by atoms with van der Waals surface area (Å²) in [5.74, 6) is -0.593. The van der Waals surface area contributed by atoms with E-state index in [4.69, 9.17) is 9.94 Å².